The minimum Gasteiger partial charge on any atom is -0.349 e. The van der Waals surface area contributed by atoms with Crippen molar-refractivity contribution in [2.45, 2.75) is 55.6 Å². The Morgan fingerprint density at radius 3 is 2.37 bits per heavy atom. The van der Waals surface area contributed by atoms with Gasteiger partial charge >= 0.3 is 0 Å². The van der Waals surface area contributed by atoms with Gasteiger partial charge in [0.15, 0.2) is 0 Å². The second-order valence-corrected chi connectivity index (χ2v) is 9.17. The monoisotopic (exact) mass is 409 g/mol. The Bertz CT molecular complexity index is 912. The van der Waals surface area contributed by atoms with Crippen LogP contribution in [0.5, 0.6) is 0 Å². The van der Waals surface area contributed by atoms with Crippen molar-refractivity contribution in [3.05, 3.63) is 53.9 Å². The smallest absolute Gasteiger partial charge is 0.267 e. The second kappa shape index (κ2) is 7.66. The van der Waals surface area contributed by atoms with Crippen LogP contribution >= 0.6 is 12.4 Å². The maximum Gasteiger partial charge on any atom is 0.267 e. The van der Waals surface area contributed by atoms with Crippen LogP contribution in [0.3, 0.4) is 0 Å². The van der Waals surface area contributed by atoms with Gasteiger partial charge in [-0.3, -0.25) is 4.79 Å². The third-order valence-corrected chi connectivity index (χ3v) is 6.98. The molecular formula is C19H24ClN3O3S. The number of hydrogen-bond acceptors (Lipinski definition) is 4. The second-order valence-electron chi connectivity index (χ2n) is 7.33. The van der Waals surface area contributed by atoms with Gasteiger partial charge < -0.3 is 10.6 Å². The van der Waals surface area contributed by atoms with Gasteiger partial charge in [0.25, 0.3) is 15.9 Å². The van der Waals surface area contributed by atoms with Crippen LogP contribution in [0, 0.1) is 6.92 Å². The molecule has 2 saturated heterocycles. The highest BCUT2D eigenvalue weighted by Gasteiger charge is 2.34. The van der Waals surface area contributed by atoms with E-state index in [0.717, 1.165) is 22.4 Å². The van der Waals surface area contributed by atoms with Crippen molar-refractivity contribution in [1.82, 2.24) is 14.6 Å². The van der Waals surface area contributed by atoms with E-state index in [1.807, 2.05) is 6.92 Å². The number of benzene rings is 1. The zero-order chi connectivity index (χ0) is 18.3. The lowest BCUT2D eigenvalue weighted by molar-refractivity contribution is 0.0924. The predicted octanol–water partition coefficient (Wildman–Crippen LogP) is 2.47. The maximum atomic E-state index is 12.7. The van der Waals surface area contributed by atoms with Gasteiger partial charge in [0.05, 0.1) is 10.5 Å². The SMILES string of the molecule is Cc1ccc(S(=O)(=O)n2ccc(C(=O)NC3CC4CCC(C3)N4)c2)cc1.Cl. The number of carbonyl (C=O) groups is 1. The molecule has 27 heavy (non-hydrogen) atoms. The molecule has 0 spiro atoms. The number of rotatable bonds is 4. The summed E-state index contributed by atoms with van der Waals surface area (Å²) in [6.45, 7) is 1.90. The van der Waals surface area contributed by atoms with Crippen LogP contribution in [-0.2, 0) is 10.0 Å². The van der Waals surface area contributed by atoms with E-state index in [0.29, 0.717) is 17.6 Å². The molecule has 8 heteroatoms. The highest BCUT2D eigenvalue weighted by atomic mass is 35.5. The molecule has 2 aliphatic rings. The standard InChI is InChI=1S/C19H23N3O3S.ClH/c1-13-2-6-18(7-3-13)26(24,25)22-9-8-14(12-22)19(23)21-17-10-15-4-5-16(11-17)20-15;/h2-3,6-9,12,15-17,20H,4-5,10-11H2,1H3,(H,21,23);1H. The van der Waals surface area contributed by atoms with Crippen molar-refractivity contribution in [1.29, 1.82) is 0 Å². The highest BCUT2D eigenvalue weighted by Crippen LogP contribution is 2.27. The summed E-state index contributed by atoms with van der Waals surface area (Å²) in [5.74, 6) is -0.214. The summed E-state index contributed by atoms with van der Waals surface area (Å²) in [5.41, 5.74) is 1.36. The number of piperidine rings is 1. The van der Waals surface area contributed by atoms with Crippen LogP contribution in [0.15, 0.2) is 47.6 Å². The van der Waals surface area contributed by atoms with Crippen molar-refractivity contribution in [2.24, 2.45) is 0 Å². The molecule has 0 saturated carbocycles. The first-order valence-corrected chi connectivity index (χ1v) is 10.4. The number of carbonyl (C=O) groups excluding carboxylic acids is 1. The molecule has 1 aromatic heterocycles. The Morgan fingerprint density at radius 1 is 1.11 bits per heavy atom. The van der Waals surface area contributed by atoms with E-state index in [9.17, 15) is 13.2 Å². The lowest BCUT2D eigenvalue weighted by Crippen LogP contribution is -2.48. The molecule has 1 aromatic carbocycles. The third kappa shape index (κ3) is 4.05. The molecule has 2 atom stereocenters. The minimum absolute atomic E-state index is 0. The molecule has 3 heterocycles. The molecule has 146 valence electrons. The van der Waals surface area contributed by atoms with E-state index in [2.05, 4.69) is 10.6 Å². The summed E-state index contributed by atoms with van der Waals surface area (Å²) < 4.78 is 26.5. The average Bonchev–Trinajstić information content (AvgIpc) is 3.23. The van der Waals surface area contributed by atoms with Crippen LogP contribution in [0.25, 0.3) is 0 Å². The van der Waals surface area contributed by atoms with Crippen molar-refractivity contribution < 1.29 is 13.2 Å². The number of halogens is 1. The summed E-state index contributed by atoms with van der Waals surface area (Å²) in [6, 6.07) is 9.36. The topological polar surface area (TPSA) is 80.2 Å². The van der Waals surface area contributed by atoms with Crippen LogP contribution in [0.4, 0.5) is 0 Å². The first-order chi connectivity index (χ1) is 12.4. The largest absolute Gasteiger partial charge is 0.349 e. The molecular weight excluding hydrogens is 386 g/mol. The van der Waals surface area contributed by atoms with Gasteiger partial charge in [0.2, 0.25) is 0 Å². The summed E-state index contributed by atoms with van der Waals surface area (Å²) in [7, 11) is -3.68. The van der Waals surface area contributed by atoms with E-state index < -0.39 is 10.0 Å². The van der Waals surface area contributed by atoms with Crippen LogP contribution in [0.1, 0.15) is 41.6 Å². The molecule has 1 amide bonds. The maximum absolute atomic E-state index is 12.7. The number of aromatic nitrogens is 1. The molecule has 2 fully saturated rings. The van der Waals surface area contributed by atoms with Crippen LogP contribution < -0.4 is 10.6 Å². The molecule has 2 unspecified atom stereocenters. The number of nitrogens with one attached hydrogen (secondary N) is 2. The summed E-state index contributed by atoms with van der Waals surface area (Å²) >= 11 is 0. The lowest BCUT2D eigenvalue weighted by atomic mass is 9.99. The zero-order valence-electron chi connectivity index (χ0n) is 15.1. The van der Waals surface area contributed by atoms with E-state index in [1.165, 1.54) is 25.2 Å². The Balaban J connectivity index is 0.00000210. The Morgan fingerprint density at radius 2 is 1.74 bits per heavy atom. The van der Waals surface area contributed by atoms with Gasteiger partial charge in [-0.05, 0) is 50.8 Å². The van der Waals surface area contributed by atoms with E-state index in [-0.39, 0.29) is 29.3 Å². The Hall–Kier alpha value is -1.83. The quantitative estimate of drug-likeness (QED) is 0.812. The normalized spacial score (nSPS) is 24.3. The lowest BCUT2D eigenvalue weighted by Gasteiger charge is -2.29. The number of hydrogen-bond donors (Lipinski definition) is 2. The number of nitrogens with zero attached hydrogens (tertiary/aromatic N) is 1. The van der Waals surface area contributed by atoms with Gasteiger partial charge in [-0.2, -0.15) is 0 Å². The van der Waals surface area contributed by atoms with Crippen molar-refractivity contribution in [3.8, 4) is 0 Å². The van der Waals surface area contributed by atoms with Gasteiger partial charge in [0, 0.05) is 30.5 Å². The highest BCUT2D eigenvalue weighted by molar-refractivity contribution is 7.90. The van der Waals surface area contributed by atoms with E-state index in [1.54, 1.807) is 30.3 Å². The average molecular weight is 410 g/mol. The summed E-state index contributed by atoms with van der Waals surface area (Å²) in [5, 5.41) is 6.61. The van der Waals surface area contributed by atoms with E-state index in [4.69, 9.17) is 0 Å². The summed E-state index contributed by atoms with van der Waals surface area (Å²) in [4.78, 5) is 12.7. The minimum atomic E-state index is -3.68. The number of amides is 1. The molecule has 0 aliphatic carbocycles. The van der Waals surface area contributed by atoms with Gasteiger partial charge in [0.1, 0.15) is 0 Å². The first-order valence-electron chi connectivity index (χ1n) is 8.99. The van der Waals surface area contributed by atoms with Crippen LogP contribution in [-0.4, -0.2) is 36.4 Å². The predicted molar refractivity (Wildman–Crippen MR) is 106 cm³/mol. The molecule has 6 nitrogen and oxygen atoms in total. The van der Waals surface area contributed by atoms with Crippen molar-refractivity contribution >= 4 is 28.3 Å². The number of aryl methyl sites for hydroxylation is 1. The summed E-state index contributed by atoms with van der Waals surface area (Å²) in [6.07, 6.45) is 7.02. The van der Waals surface area contributed by atoms with Crippen molar-refractivity contribution in [3.63, 3.8) is 0 Å². The fourth-order valence-electron chi connectivity index (χ4n) is 3.94. The van der Waals surface area contributed by atoms with Gasteiger partial charge in [-0.25, -0.2) is 12.4 Å². The molecule has 2 bridgehead atoms. The molecule has 2 N–H and O–H groups in total. The number of fused-ring (bicyclic) bond motifs is 2. The first kappa shape index (κ1) is 19.9. The van der Waals surface area contributed by atoms with Crippen LogP contribution in [0.2, 0.25) is 0 Å². The zero-order valence-corrected chi connectivity index (χ0v) is 16.7. The third-order valence-electron chi connectivity index (χ3n) is 5.33. The van der Waals surface area contributed by atoms with Crippen molar-refractivity contribution in [2.75, 3.05) is 0 Å². The van der Waals surface area contributed by atoms with Gasteiger partial charge in [-0.15, -0.1) is 12.4 Å². The Labute approximate surface area is 165 Å². The molecule has 4 rings (SSSR count). The molecule has 2 aliphatic heterocycles. The molecule has 0 radical (unpaired) electrons. The van der Waals surface area contributed by atoms with Gasteiger partial charge in [-0.1, -0.05) is 17.7 Å². The molecule has 2 aromatic rings. The fourth-order valence-corrected chi connectivity index (χ4v) is 5.13. The Kier molecular flexibility index (Phi) is 5.65. The van der Waals surface area contributed by atoms with E-state index >= 15 is 0 Å². The fraction of sp³-hybridized carbons (Fsp3) is 0.421.